The SMILES string of the molecule is c1ccc(CN2C[C@@H]3CN(Cc4ccco4)C[C@H]3C2)nc1. The Labute approximate surface area is 125 Å². The summed E-state index contributed by atoms with van der Waals surface area (Å²) in [6.07, 6.45) is 3.65. The molecule has 21 heavy (non-hydrogen) atoms. The van der Waals surface area contributed by atoms with Gasteiger partial charge in [-0.25, -0.2) is 0 Å². The van der Waals surface area contributed by atoms with Crippen LogP contribution in [0.25, 0.3) is 0 Å². The maximum Gasteiger partial charge on any atom is 0.117 e. The predicted molar refractivity (Wildman–Crippen MR) is 80.5 cm³/mol. The summed E-state index contributed by atoms with van der Waals surface area (Å²) in [5, 5.41) is 0. The topological polar surface area (TPSA) is 32.5 Å². The van der Waals surface area contributed by atoms with Crippen molar-refractivity contribution in [2.45, 2.75) is 13.1 Å². The highest BCUT2D eigenvalue weighted by molar-refractivity contribution is 5.05. The van der Waals surface area contributed by atoms with Crippen molar-refractivity contribution in [2.24, 2.45) is 11.8 Å². The summed E-state index contributed by atoms with van der Waals surface area (Å²) in [6.45, 7) is 6.76. The van der Waals surface area contributed by atoms with Crippen LogP contribution < -0.4 is 0 Å². The molecule has 4 rings (SSSR count). The molecule has 4 heterocycles. The lowest BCUT2D eigenvalue weighted by atomic mass is 10.0. The molecule has 0 amide bonds. The highest BCUT2D eigenvalue weighted by Gasteiger charge is 2.39. The Kier molecular flexibility index (Phi) is 3.49. The lowest BCUT2D eigenvalue weighted by Gasteiger charge is -2.20. The van der Waals surface area contributed by atoms with E-state index >= 15 is 0 Å². The van der Waals surface area contributed by atoms with E-state index in [9.17, 15) is 0 Å². The lowest BCUT2D eigenvalue weighted by molar-refractivity contribution is 0.233. The van der Waals surface area contributed by atoms with Crippen LogP contribution in [0.4, 0.5) is 0 Å². The molecule has 2 aromatic heterocycles. The van der Waals surface area contributed by atoms with E-state index in [4.69, 9.17) is 4.42 Å². The molecule has 2 saturated heterocycles. The molecule has 4 nitrogen and oxygen atoms in total. The molecule has 2 fully saturated rings. The Morgan fingerprint density at radius 3 is 2.33 bits per heavy atom. The zero-order valence-electron chi connectivity index (χ0n) is 12.2. The summed E-state index contributed by atoms with van der Waals surface area (Å²) >= 11 is 0. The summed E-state index contributed by atoms with van der Waals surface area (Å²) in [5.74, 6) is 2.70. The van der Waals surface area contributed by atoms with Gasteiger partial charge in [-0.15, -0.1) is 0 Å². The summed E-state index contributed by atoms with van der Waals surface area (Å²) in [5.41, 5.74) is 1.19. The number of furan rings is 1. The van der Waals surface area contributed by atoms with Gasteiger partial charge in [-0.3, -0.25) is 14.8 Å². The number of hydrogen-bond donors (Lipinski definition) is 0. The van der Waals surface area contributed by atoms with Gasteiger partial charge in [0.15, 0.2) is 0 Å². The smallest absolute Gasteiger partial charge is 0.117 e. The molecule has 0 spiro atoms. The highest BCUT2D eigenvalue weighted by Crippen LogP contribution is 2.32. The Morgan fingerprint density at radius 2 is 1.71 bits per heavy atom. The van der Waals surface area contributed by atoms with Crippen molar-refractivity contribution in [3.8, 4) is 0 Å². The average molecular weight is 283 g/mol. The van der Waals surface area contributed by atoms with Crippen molar-refractivity contribution in [1.82, 2.24) is 14.8 Å². The third-order valence-electron chi connectivity index (χ3n) is 4.71. The summed E-state index contributed by atoms with van der Waals surface area (Å²) in [7, 11) is 0. The highest BCUT2D eigenvalue weighted by atomic mass is 16.3. The van der Waals surface area contributed by atoms with Crippen molar-refractivity contribution in [3.05, 3.63) is 54.2 Å². The standard InChI is InChI=1S/C17H21N3O/c1-2-6-18-16(4-1)12-19-8-14-10-20(11-15(14)9-19)13-17-5-3-7-21-17/h1-7,14-15H,8-13H2/t14-,15-/m1/s1. The molecule has 0 bridgehead atoms. The largest absolute Gasteiger partial charge is 0.468 e. The van der Waals surface area contributed by atoms with Crippen molar-refractivity contribution in [3.63, 3.8) is 0 Å². The van der Waals surface area contributed by atoms with Crippen molar-refractivity contribution < 1.29 is 4.42 Å². The number of rotatable bonds is 4. The van der Waals surface area contributed by atoms with Crippen molar-refractivity contribution >= 4 is 0 Å². The molecule has 0 aromatic carbocycles. The fourth-order valence-electron chi connectivity index (χ4n) is 3.79. The van der Waals surface area contributed by atoms with Gasteiger partial charge in [-0.05, 0) is 36.1 Å². The molecule has 0 radical (unpaired) electrons. The summed E-state index contributed by atoms with van der Waals surface area (Å²) in [6, 6.07) is 10.2. The first-order chi connectivity index (χ1) is 10.4. The molecule has 2 aliphatic heterocycles. The minimum Gasteiger partial charge on any atom is -0.468 e. The van der Waals surface area contributed by atoms with Crippen LogP contribution in [0, 0.1) is 11.8 Å². The Bertz CT molecular complexity index is 555. The normalized spacial score (nSPS) is 26.3. The molecular formula is C17H21N3O. The first kappa shape index (κ1) is 13.0. The zero-order chi connectivity index (χ0) is 14.1. The van der Waals surface area contributed by atoms with Gasteiger partial charge in [-0.2, -0.15) is 0 Å². The maximum atomic E-state index is 5.46. The molecule has 0 saturated carbocycles. The van der Waals surface area contributed by atoms with Gasteiger partial charge >= 0.3 is 0 Å². The number of fused-ring (bicyclic) bond motifs is 1. The predicted octanol–water partition coefficient (Wildman–Crippen LogP) is 2.24. The van der Waals surface area contributed by atoms with Gasteiger partial charge in [0.05, 0.1) is 18.5 Å². The van der Waals surface area contributed by atoms with Crippen LogP contribution in [-0.2, 0) is 13.1 Å². The van der Waals surface area contributed by atoms with E-state index in [1.807, 2.05) is 18.3 Å². The second kappa shape index (κ2) is 5.62. The van der Waals surface area contributed by atoms with E-state index in [1.54, 1.807) is 6.26 Å². The Balaban J connectivity index is 1.31. The average Bonchev–Trinajstić information content (AvgIpc) is 3.17. The minimum atomic E-state index is 0.809. The second-order valence-electron chi connectivity index (χ2n) is 6.31. The van der Waals surface area contributed by atoms with Crippen molar-refractivity contribution in [2.75, 3.05) is 26.2 Å². The minimum absolute atomic E-state index is 0.809. The molecule has 4 heteroatoms. The van der Waals surface area contributed by atoms with E-state index in [1.165, 1.54) is 31.9 Å². The molecule has 0 unspecified atom stereocenters. The third kappa shape index (κ3) is 2.87. The van der Waals surface area contributed by atoms with Crippen LogP contribution in [0.5, 0.6) is 0 Å². The van der Waals surface area contributed by atoms with Crippen LogP contribution in [0.1, 0.15) is 11.5 Å². The fourth-order valence-corrected chi connectivity index (χ4v) is 3.79. The summed E-state index contributed by atoms with van der Waals surface area (Å²) < 4.78 is 5.46. The number of nitrogens with zero attached hydrogens (tertiary/aromatic N) is 3. The van der Waals surface area contributed by atoms with Crippen LogP contribution in [0.15, 0.2) is 47.2 Å². The molecule has 110 valence electrons. The van der Waals surface area contributed by atoms with Crippen molar-refractivity contribution in [1.29, 1.82) is 0 Å². The summed E-state index contributed by atoms with van der Waals surface area (Å²) in [4.78, 5) is 9.53. The van der Waals surface area contributed by atoms with Gasteiger partial charge in [0.1, 0.15) is 5.76 Å². The van der Waals surface area contributed by atoms with Gasteiger partial charge in [0.25, 0.3) is 0 Å². The van der Waals surface area contributed by atoms with E-state index < -0.39 is 0 Å². The zero-order valence-corrected chi connectivity index (χ0v) is 12.2. The second-order valence-corrected chi connectivity index (χ2v) is 6.31. The van der Waals surface area contributed by atoms with E-state index in [2.05, 4.69) is 33.0 Å². The van der Waals surface area contributed by atoms with Crippen LogP contribution >= 0.6 is 0 Å². The monoisotopic (exact) mass is 283 g/mol. The lowest BCUT2D eigenvalue weighted by Crippen LogP contribution is -2.28. The van der Waals surface area contributed by atoms with E-state index in [-0.39, 0.29) is 0 Å². The molecule has 0 N–H and O–H groups in total. The maximum absolute atomic E-state index is 5.46. The number of hydrogen-bond acceptors (Lipinski definition) is 4. The molecule has 0 aliphatic carbocycles. The molecular weight excluding hydrogens is 262 g/mol. The first-order valence-corrected chi connectivity index (χ1v) is 7.74. The first-order valence-electron chi connectivity index (χ1n) is 7.74. The molecule has 2 aromatic rings. The Morgan fingerprint density at radius 1 is 0.952 bits per heavy atom. The van der Waals surface area contributed by atoms with Crippen LogP contribution in [-0.4, -0.2) is 41.0 Å². The number of likely N-dealkylation sites (tertiary alicyclic amines) is 2. The van der Waals surface area contributed by atoms with Crippen LogP contribution in [0.2, 0.25) is 0 Å². The Hall–Kier alpha value is -1.65. The van der Waals surface area contributed by atoms with Gasteiger partial charge in [0, 0.05) is 38.9 Å². The van der Waals surface area contributed by atoms with E-state index in [0.29, 0.717) is 0 Å². The van der Waals surface area contributed by atoms with Crippen LogP contribution in [0.3, 0.4) is 0 Å². The molecule has 2 atom stereocenters. The van der Waals surface area contributed by atoms with Gasteiger partial charge in [-0.1, -0.05) is 6.07 Å². The fraction of sp³-hybridized carbons (Fsp3) is 0.471. The number of pyridine rings is 1. The molecule has 2 aliphatic rings. The van der Waals surface area contributed by atoms with Gasteiger partial charge < -0.3 is 4.42 Å². The van der Waals surface area contributed by atoms with E-state index in [0.717, 1.165) is 30.7 Å². The van der Waals surface area contributed by atoms with Gasteiger partial charge in [0.2, 0.25) is 0 Å². The quantitative estimate of drug-likeness (QED) is 0.861. The number of aromatic nitrogens is 1. The third-order valence-corrected chi connectivity index (χ3v) is 4.71.